The van der Waals surface area contributed by atoms with Crippen LogP contribution < -0.4 is 10.2 Å². The van der Waals surface area contributed by atoms with Crippen LogP contribution in [0, 0.1) is 0 Å². The lowest BCUT2D eigenvalue weighted by molar-refractivity contribution is 0.506. The van der Waals surface area contributed by atoms with Gasteiger partial charge in [-0.1, -0.05) is 32.9 Å². The van der Waals surface area contributed by atoms with Gasteiger partial charge in [-0.25, -0.2) is 0 Å². The molecule has 1 saturated heterocycles. The summed E-state index contributed by atoms with van der Waals surface area (Å²) in [5.74, 6) is 0. The van der Waals surface area contributed by atoms with Gasteiger partial charge in [0.25, 0.3) is 0 Å². The van der Waals surface area contributed by atoms with E-state index in [0.29, 0.717) is 5.41 Å². The fraction of sp³-hybridized carbons (Fsp3) is 0.600. The summed E-state index contributed by atoms with van der Waals surface area (Å²) in [6, 6.07) is 9.14. The van der Waals surface area contributed by atoms with E-state index in [2.05, 4.69) is 55.3 Å². The largest absolute Gasteiger partial charge is 0.369 e. The van der Waals surface area contributed by atoms with Crippen LogP contribution in [0.25, 0.3) is 0 Å². The van der Waals surface area contributed by atoms with E-state index in [-0.39, 0.29) is 0 Å². The van der Waals surface area contributed by atoms with Crippen molar-refractivity contribution in [2.24, 2.45) is 0 Å². The molecule has 0 aromatic heterocycles. The number of nitrogens with zero attached hydrogens (tertiary/aromatic N) is 1. The molecule has 94 valence electrons. The van der Waals surface area contributed by atoms with Gasteiger partial charge in [-0.2, -0.15) is 0 Å². The highest BCUT2D eigenvalue weighted by atomic mass is 15.2. The lowest BCUT2D eigenvalue weighted by Crippen LogP contribution is -2.43. The third-order valence-electron chi connectivity index (χ3n) is 4.01. The van der Waals surface area contributed by atoms with Crippen molar-refractivity contribution in [3.63, 3.8) is 0 Å². The minimum atomic E-state index is 0.294. The topological polar surface area (TPSA) is 15.3 Å². The Morgan fingerprint density at radius 3 is 2.24 bits per heavy atom. The van der Waals surface area contributed by atoms with Gasteiger partial charge in [0.15, 0.2) is 0 Å². The van der Waals surface area contributed by atoms with E-state index in [9.17, 15) is 0 Å². The predicted molar refractivity (Wildman–Crippen MR) is 74.8 cm³/mol. The first-order chi connectivity index (χ1) is 8.13. The quantitative estimate of drug-likeness (QED) is 0.862. The van der Waals surface area contributed by atoms with E-state index in [1.165, 1.54) is 17.7 Å². The molecule has 1 heterocycles. The van der Waals surface area contributed by atoms with Crippen LogP contribution in [0.2, 0.25) is 0 Å². The summed E-state index contributed by atoms with van der Waals surface area (Å²) in [6.45, 7) is 11.3. The van der Waals surface area contributed by atoms with Gasteiger partial charge >= 0.3 is 0 Å². The fourth-order valence-corrected chi connectivity index (χ4v) is 2.25. The molecule has 0 bridgehead atoms. The summed E-state index contributed by atoms with van der Waals surface area (Å²) in [6.07, 6.45) is 1.18. The van der Waals surface area contributed by atoms with E-state index >= 15 is 0 Å². The summed E-state index contributed by atoms with van der Waals surface area (Å²) in [5.41, 5.74) is 3.10. The lowest BCUT2D eigenvalue weighted by atomic mass is 9.82. The maximum absolute atomic E-state index is 3.39. The molecule has 1 fully saturated rings. The van der Waals surface area contributed by atoms with E-state index in [4.69, 9.17) is 0 Å². The number of piperazine rings is 1. The molecule has 0 saturated carbocycles. The van der Waals surface area contributed by atoms with Crippen LogP contribution in [-0.4, -0.2) is 26.2 Å². The molecule has 2 heteroatoms. The minimum Gasteiger partial charge on any atom is -0.369 e. The van der Waals surface area contributed by atoms with Crippen LogP contribution >= 0.6 is 0 Å². The van der Waals surface area contributed by atoms with Gasteiger partial charge in [0.2, 0.25) is 0 Å². The zero-order chi connectivity index (χ0) is 12.3. The molecule has 17 heavy (non-hydrogen) atoms. The molecule has 2 nitrogen and oxygen atoms in total. The lowest BCUT2D eigenvalue weighted by Gasteiger charge is -2.30. The van der Waals surface area contributed by atoms with Crippen LogP contribution in [0.5, 0.6) is 0 Å². The number of rotatable bonds is 3. The van der Waals surface area contributed by atoms with Crippen molar-refractivity contribution < 1.29 is 0 Å². The highest BCUT2D eigenvalue weighted by Gasteiger charge is 2.18. The third-order valence-corrected chi connectivity index (χ3v) is 4.01. The van der Waals surface area contributed by atoms with E-state index in [0.717, 1.165) is 26.2 Å². The molecule has 0 amide bonds. The van der Waals surface area contributed by atoms with E-state index < -0.39 is 0 Å². The molecular formula is C15H24N2. The maximum Gasteiger partial charge on any atom is 0.0367 e. The van der Waals surface area contributed by atoms with Gasteiger partial charge in [0, 0.05) is 31.9 Å². The molecule has 2 rings (SSSR count). The fourth-order valence-electron chi connectivity index (χ4n) is 2.25. The number of anilines is 1. The zero-order valence-corrected chi connectivity index (χ0v) is 11.3. The molecule has 0 atom stereocenters. The first-order valence-corrected chi connectivity index (χ1v) is 6.70. The number of benzene rings is 1. The van der Waals surface area contributed by atoms with Crippen molar-refractivity contribution >= 4 is 5.69 Å². The molecule has 1 N–H and O–H groups in total. The van der Waals surface area contributed by atoms with Crippen molar-refractivity contribution in [1.82, 2.24) is 5.32 Å². The van der Waals surface area contributed by atoms with Gasteiger partial charge in [-0.05, 0) is 29.5 Å². The van der Waals surface area contributed by atoms with E-state index in [1.54, 1.807) is 0 Å². The summed E-state index contributed by atoms with van der Waals surface area (Å²) < 4.78 is 0. The molecule has 0 spiro atoms. The minimum absolute atomic E-state index is 0.294. The van der Waals surface area contributed by atoms with Gasteiger partial charge in [0.05, 0.1) is 0 Å². The van der Waals surface area contributed by atoms with Crippen LogP contribution in [0.3, 0.4) is 0 Å². The molecule has 1 aliphatic heterocycles. The predicted octanol–water partition coefficient (Wildman–Crippen LogP) is 2.78. The Kier molecular flexibility index (Phi) is 3.72. The molecule has 0 radical (unpaired) electrons. The van der Waals surface area contributed by atoms with Gasteiger partial charge in [0.1, 0.15) is 0 Å². The standard InChI is InChI=1S/C15H24N2/c1-4-15(2,3)13-5-7-14(8-6-13)17-11-9-16-10-12-17/h5-8,16H,4,9-12H2,1-3H3. The van der Waals surface area contributed by atoms with Crippen LogP contribution in [0.4, 0.5) is 5.69 Å². The monoisotopic (exact) mass is 232 g/mol. The SMILES string of the molecule is CCC(C)(C)c1ccc(N2CCNCC2)cc1. The highest BCUT2D eigenvalue weighted by Crippen LogP contribution is 2.28. The van der Waals surface area contributed by atoms with Crippen molar-refractivity contribution in [2.75, 3.05) is 31.1 Å². The normalized spacial score (nSPS) is 17.2. The second-order valence-electron chi connectivity index (χ2n) is 5.52. The molecule has 0 aliphatic carbocycles. The third kappa shape index (κ3) is 2.81. The Labute approximate surface area is 105 Å². The number of hydrogen-bond acceptors (Lipinski definition) is 2. The van der Waals surface area contributed by atoms with Crippen LogP contribution in [-0.2, 0) is 5.41 Å². The molecule has 1 aliphatic rings. The first-order valence-electron chi connectivity index (χ1n) is 6.70. The summed E-state index contributed by atoms with van der Waals surface area (Å²) in [5, 5.41) is 3.39. The Balaban J connectivity index is 2.12. The van der Waals surface area contributed by atoms with Crippen LogP contribution in [0.1, 0.15) is 32.8 Å². The Bertz CT molecular complexity index is 348. The first kappa shape index (κ1) is 12.4. The Morgan fingerprint density at radius 2 is 1.71 bits per heavy atom. The smallest absolute Gasteiger partial charge is 0.0367 e. The maximum atomic E-state index is 3.39. The molecule has 1 aromatic rings. The zero-order valence-electron chi connectivity index (χ0n) is 11.3. The summed E-state index contributed by atoms with van der Waals surface area (Å²) >= 11 is 0. The average Bonchev–Trinajstić information content (AvgIpc) is 2.40. The van der Waals surface area contributed by atoms with Gasteiger partial charge in [-0.3, -0.25) is 0 Å². The van der Waals surface area contributed by atoms with Crippen molar-refractivity contribution in [3.8, 4) is 0 Å². The summed E-state index contributed by atoms with van der Waals surface area (Å²) in [4.78, 5) is 2.46. The highest BCUT2D eigenvalue weighted by molar-refractivity contribution is 5.49. The van der Waals surface area contributed by atoms with Crippen molar-refractivity contribution in [2.45, 2.75) is 32.6 Å². The van der Waals surface area contributed by atoms with Gasteiger partial charge in [-0.15, -0.1) is 0 Å². The number of hydrogen-bond donors (Lipinski definition) is 1. The molecule has 0 unspecified atom stereocenters. The number of nitrogens with one attached hydrogen (secondary N) is 1. The molecular weight excluding hydrogens is 208 g/mol. The Hall–Kier alpha value is -1.02. The van der Waals surface area contributed by atoms with Crippen LogP contribution in [0.15, 0.2) is 24.3 Å². The van der Waals surface area contributed by atoms with E-state index in [1.807, 2.05) is 0 Å². The summed E-state index contributed by atoms with van der Waals surface area (Å²) in [7, 11) is 0. The molecule has 1 aromatic carbocycles. The van der Waals surface area contributed by atoms with Crippen molar-refractivity contribution in [1.29, 1.82) is 0 Å². The second-order valence-corrected chi connectivity index (χ2v) is 5.52. The average molecular weight is 232 g/mol. The Morgan fingerprint density at radius 1 is 1.12 bits per heavy atom. The second kappa shape index (κ2) is 5.09. The van der Waals surface area contributed by atoms with Gasteiger partial charge < -0.3 is 10.2 Å². The van der Waals surface area contributed by atoms with Crippen molar-refractivity contribution in [3.05, 3.63) is 29.8 Å².